The molecule has 1 amide bonds. The monoisotopic (exact) mass is 293 g/mol. The second kappa shape index (κ2) is 5.57. The number of ether oxygens (including phenoxy) is 1. The molecule has 0 bridgehead atoms. The Hall–Kier alpha value is -2.61. The maximum atomic E-state index is 12.0. The number of hydrogen-bond donors (Lipinski definition) is 2. The van der Waals surface area contributed by atoms with Crippen molar-refractivity contribution in [2.45, 2.75) is 0 Å². The summed E-state index contributed by atoms with van der Waals surface area (Å²) in [5.41, 5.74) is 6.73. The van der Waals surface area contributed by atoms with Gasteiger partial charge in [-0.1, -0.05) is 11.3 Å². The van der Waals surface area contributed by atoms with E-state index >= 15 is 0 Å². The fourth-order valence-electron chi connectivity index (χ4n) is 1.50. The fourth-order valence-corrected chi connectivity index (χ4v) is 2.21. The number of nitrogens with two attached hydrogens (primary N) is 1. The van der Waals surface area contributed by atoms with Crippen molar-refractivity contribution in [2.24, 2.45) is 0 Å². The van der Waals surface area contributed by atoms with Gasteiger partial charge in [0.15, 0.2) is 0 Å². The number of nitrogen functional groups attached to an aromatic ring is 1. The average Bonchev–Trinajstić information content (AvgIpc) is 2.91. The van der Waals surface area contributed by atoms with E-state index in [2.05, 4.69) is 5.32 Å². The Kier molecular flexibility index (Phi) is 3.85. The number of methoxy groups -OCH3 is 1. The third-order valence-electron chi connectivity index (χ3n) is 2.54. The molecule has 0 atom stereocenters. The molecule has 7 nitrogen and oxygen atoms in total. The zero-order valence-corrected chi connectivity index (χ0v) is 11.3. The number of amides is 1. The van der Waals surface area contributed by atoms with Gasteiger partial charge in [0.2, 0.25) is 0 Å². The van der Waals surface area contributed by atoms with Crippen molar-refractivity contribution in [1.29, 1.82) is 0 Å². The Balaban J connectivity index is 2.20. The summed E-state index contributed by atoms with van der Waals surface area (Å²) in [6.45, 7) is 0. The normalized spacial score (nSPS) is 10.1. The van der Waals surface area contributed by atoms with Crippen LogP contribution < -0.4 is 15.8 Å². The molecule has 20 heavy (non-hydrogen) atoms. The lowest BCUT2D eigenvalue weighted by Gasteiger charge is -2.09. The van der Waals surface area contributed by atoms with Gasteiger partial charge in [0.05, 0.1) is 29.0 Å². The number of rotatable bonds is 4. The summed E-state index contributed by atoms with van der Waals surface area (Å²) in [4.78, 5) is 22.0. The van der Waals surface area contributed by atoms with Crippen molar-refractivity contribution in [1.82, 2.24) is 0 Å². The van der Waals surface area contributed by atoms with Crippen LogP contribution in [0.25, 0.3) is 0 Å². The summed E-state index contributed by atoms with van der Waals surface area (Å²) in [6, 6.07) is 6.06. The minimum absolute atomic E-state index is 0.0891. The molecule has 0 saturated carbocycles. The van der Waals surface area contributed by atoms with Gasteiger partial charge < -0.3 is 15.8 Å². The van der Waals surface area contributed by atoms with Gasteiger partial charge in [0.25, 0.3) is 5.91 Å². The summed E-state index contributed by atoms with van der Waals surface area (Å²) in [5.74, 6) is 0.0834. The molecule has 3 N–H and O–H groups in total. The van der Waals surface area contributed by atoms with E-state index in [-0.39, 0.29) is 10.6 Å². The lowest BCUT2D eigenvalue weighted by atomic mass is 10.2. The van der Waals surface area contributed by atoms with Crippen molar-refractivity contribution >= 4 is 33.6 Å². The first-order chi connectivity index (χ1) is 9.51. The van der Waals surface area contributed by atoms with E-state index in [0.29, 0.717) is 17.1 Å². The fraction of sp³-hybridized carbons (Fsp3) is 0.0833. The highest BCUT2D eigenvalue weighted by molar-refractivity contribution is 7.13. The third kappa shape index (κ3) is 2.86. The van der Waals surface area contributed by atoms with Gasteiger partial charge >= 0.3 is 5.00 Å². The van der Waals surface area contributed by atoms with Gasteiger partial charge in [-0.15, -0.1) is 0 Å². The zero-order valence-electron chi connectivity index (χ0n) is 10.5. The zero-order chi connectivity index (χ0) is 14.7. The number of nitro groups is 1. The van der Waals surface area contributed by atoms with Crippen LogP contribution in [0, 0.1) is 10.1 Å². The highest BCUT2D eigenvalue weighted by Gasteiger charge is 2.16. The molecule has 8 heteroatoms. The van der Waals surface area contributed by atoms with Crippen LogP contribution >= 0.6 is 11.3 Å². The van der Waals surface area contributed by atoms with E-state index in [1.54, 1.807) is 18.2 Å². The highest BCUT2D eigenvalue weighted by atomic mass is 32.1. The molecule has 0 saturated heterocycles. The molecule has 0 aliphatic carbocycles. The van der Waals surface area contributed by atoms with Crippen molar-refractivity contribution in [2.75, 3.05) is 18.2 Å². The molecule has 2 aromatic rings. The molecule has 2 rings (SSSR count). The summed E-state index contributed by atoms with van der Waals surface area (Å²) >= 11 is 0.893. The molecule has 0 fully saturated rings. The van der Waals surface area contributed by atoms with E-state index < -0.39 is 10.8 Å². The number of benzene rings is 1. The first-order valence-electron chi connectivity index (χ1n) is 5.49. The largest absolute Gasteiger partial charge is 0.497 e. The maximum absolute atomic E-state index is 12.0. The second-order valence-corrected chi connectivity index (χ2v) is 4.73. The van der Waals surface area contributed by atoms with Crippen LogP contribution in [-0.2, 0) is 0 Å². The van der Waals surface area contributed by atoms with Gasteiger partial charge in [0, 0.05) is 17.5 Å². The average molecular weight is 293 g/mol. The smallest absolute Gasteiger partial charge is 0.324 e. The molecular formula is C12H11N3O4S. The summed E-state index contributed by atoms with van der Waals surface area (Å²) in [6.07, 6.45) is 0. The number of carbonyl (C=O) groups is 1. The van der Waals surface area contributed by atoms with Crippen molar-refractivity contribution in [3.63, 3.8) is 0 Å². The Morgan fingerprint density at radius 3 is 2.80 bits per heavy atom. The number of nitrogens with zero attached hydrogens (tertiary/aromatic N) is 1. The number of carbonyl (C=O) groups excluding carboxylic acids is 1. The van der Waals surface area contributed by atoms with Gasteiger partial charge in [-0.25, -0.2) is 0 Å². The quantitative estimate of drug-likeness (QED) is 0.511. The van der Waals surface area contributed by atoms with Gasteiger partial charge in [0.1, 0.15) is 5.75 Å². The summed E-state index contributed by atoms with van der Waals surface area (Å²) in [7, 11) is 1.50. The maximum Gasteiger partial charge on any atom is 0.324 e. The standard InChI is InChI=1S/C12H11N3O4S/c1-19-8-2-3-9(13)10(5-8)14-12(16)7-4-11(15(17)18)20-6-7/h2-6H,13H2,1H3,(H,14,16). The van der Waals surface area contributed by atoms with Crippen molar-refractivity contribution in [3.05, 3.63) is 45.3 Å². The van der Waals surface area contributed by atoms with E-state index in [1.165, 1.54) is 18.6 Å². The molecule has 1 aromatic carbocycles. The van der Waals surface area contributed by atoms with Crippen molar-refractivity contribution < 1.29 is 14.5 Å². The Bertz CT molecular complexity index is 668. The van der Waals surface area contributed by atoms with Crippen LogP contribution in [0.3, 0.4) is 0 Å². The molecule has 0 unspecified atom stereocenters. The summed E-state index contributed by atoms with van der Waals surface area (Å²) < 4.78 is 5.04. The first-order valence-corrected chi connectivity index (χ1v) is 6.37. The topological polar surface area (TPSA) is 107 Å². The predicted molar refractivity (Wildman–Crippen MR) is 76.3 cm³/mol. The van der Waals surface area contributed by atoms with Gasteiger partial charge in [-0.2, -0.15) is 0 Å². The number of hydrogen-bond acceptors (Lipinski definition) is 6. The van der Waals surface area contributed by atoms with Crippen LogP contribution in [0.15, 0.2) is 29.6 Å². The van der Waals surface area contributed by atoms with E-state index in [4.69, 9.17) is 10.5 Å². The van der Waals surface area contributed by atoms with Crippen LogP contribution in [0.4, 0.5) is 16.4 Å². The second-order valence-electron chi connectivity index (χ2n) is 3.84. The third-order valence-corrected chi connectivity index (χ3v) is 3.42. The van der Waals surface area contributed by atoms with Gasteiger partial charge in [-0.3, -0.25) is 14.9 Å². The van der Waals surface area contributed by atoms with Crippen LogP contribution in [0.2, 0.25) is 0 Å². The SMILES string of the molecule is COc1ccc(N)c(NC(=O)c2csc([N+](=O)[O-])c2)c1. The van der Waals surface area contributed by atoms with Crippen LogP contribution in [0.1, 0.15) is 10.4 Å². The molecule has 0 spiro atoms. The highest BCUT2D eigenvalue weighted by Crippen LogP contribution is 2.27. The molecule has 0 aliphatic heterocycles. The molecule has 0 radical (unpaired) electrons. The minimum Gasteiger partial charge on any atom is -0.497 e. The molecule has 1 aromatic heterocycles. The van der Waals surface area contributed by atoms with Crippen LogP contribution in [-0.4, -0.2) is 17.9 Å². The molecular weight excluding hydrogens is 282 g/mol. The molecule has 104 valence electrons. The Morgan fingerprint density at radius 2 is 2.20 bits per heavy atom. The number of thiophene rings is 1. The lowest BCUT2D eigenvalue weighted by molar-refractivity contribution is -0.380. The number of nitrogens with one attached hydrogen (secondary N) is 1. The van der Waals surface area contributed by atoms with E-state index in [0.717, 1.165) is 11.3 Å². The number of anilines is 2. The predicted octanol–water partition coefficient (Wildman–Crippen LogP) is 2.50. The minimum atomic E-state index is -0.540. The summed E-state index contributed by atoms with van der Waals surface area (Å²) in [5, 5.41) is 14.5. The van der Waals surface area contributed by atoms with E-state index in [9.17, 15) is 14.9 Å². The Morgan fingerprint density at radius 1 is 1.45 bits per heavy atom. The van der Waals surface area contributed by atoms with Gasteiger partial charge in [-0.05, 0) is 12.1 Å². The lowest BCUT2D eigenvalue weighted by Crippen LogP contribution is -2.12. The molecule has 1 heterocycles. The van der Waals surface area contributed by atoms with E-state index in [1.807, 2.05) is 0 Å². The van der Waals surface area contributed by atoms with Crippen molar-refractivity contribution in [3.8, 4) is 5.75 Å². The molecule has 0 aliphatic rings. The first kappa shape index (κ1) is 13.8. The van der Waals surface area contributed by atoms with Crippen LogP contribution in [0.5, 0.6) is 5.75 Å². The Labute approximate surface area is 118 Å².